The molecule has 0 aliphatic carbocycles. The molecule has 3 N–H and O–H groups in total. The van der Waals surface area contributed by atoms with E-state index in [9.17, 15) is 14.4 Å². The van der Waals surface area contributed by atoms with E-state index in [1.807, 2.05) is 20.8 Å². The number of aromatic nitrogens is 5. The second kappa shape index (κ2) is 10.6. The van der Waals surface area contributed by atoms with Crippen LogP contribution in [0.3, 0.4) is 0 Å². The van der Waals surface area contributed by atoms with Crippen molar-refractivity contribution in [2.24, 2.45) is 5.92 Å². The number of hydrogen-bond donors (Lipinski definition) is 3. The Bertz CT molecular complexity index is 1240. The van der Waals surface area contributed by atoms with Crippen LogP contribution in [0.1, 0.15) is 55.5 Å². The van der Waals surface area contributed by atoms with Gasteiger partial charge >= 0.3 is 0 Å². The third-order valence-electron chi connectivity index (χ3n) is 5.34. The summed E-state index contributed by atoms with van der Waals surface area (Å²) in [5, 5.41) is 20.4. The number of hydrogen-bond acceptors (Lipinski definition) is 9. The lowest BCUT2D eigenvalue weighted by atomic mass is 10.0. The van der Waals surface area contributed by atoms with E-state index < -0.39 is 24.0 Å². The van der Waals surface area contributed by atoms with Crippen LogP contribution in [0, 0.1) is 22.7 Å². The van der Waals surface area contributed by atoms with Crippen molar-refractivity contribution in [2.75, 3.05) is 17.3 Å². The molecule has 3 aromatic rings. The summed E-state index contributed by atoms with van der Waals surface area (Å²) in [6, 6.07) is 6.03. The third-order valence-corrected chi connectivity index (χ3v) is 5.34. The van der Waals surface area contributed by atoms with Gasteiger partial charge in [-0.05, 0) is 30.5 Å². The molecule has 10 nitrogen and oxygen atoms in total. The minimum absolute atomic E-state index is 0.0743. The zero-order chi connectivity index (χ0) is 24.8. The molecule has 2 unspecified atom stereocenters. The van der Waals surface area contributed by atoms with E-state index in [1.54, 1.807) is 48.6 Å². The Morgan fingerprint density at radius 1 is 1.26 bits per heavy atom. The van der Waals surface area contributed by atoms with Crippen molar-refractivity contribution in [1.82, 2.24) is 24.9 Å². The molecule has 0 spiro atoms. The van der Waals surface area contributed by atoms with Crippen molar-refractivity contribution in [3.63, 3.8) is 0 Å². The van der Waals surface area contributed by atoms with Crippen LogP contribution in [0.5, 0.6) is 0 Å². The molecule has 3 heterocycles. The van der Waals surface area contributed by atoms with Crippen molar-refractivity contribution < 1.29 is 4.39 Å². The first-order valence-corrected chi connectivity index (χ1v) is 10.7. The molecule has 11 heteroatoms. The highest BCUT2D eigenvalue weighted by Gasteiger charge is 2.27. The molecule has 0 aliphatic heterocycles. The van der Waals surface area contributed by atoms with Crippen molar-refractivity contribution >= 4 is 17.5 Å². The molecule has 0 fully saturated rings. The van der Waals surface area contributed by atoms with E-state index >= 15 is 0 Å². The second-order valence-electron chi connectivity index (χ2n) is 8.09. The minimum Gasteiger partial charge on any atom is -0.363 e. The number of aromatic amines is 1. The van der Waals surface area contributed by atoms with E-state index in [0.29, 0.717) is 11.5 Å². The smallest absolute Gasteiger partial charge is 0.264 e. The molecule has 2 atom stereocenters. The Morgan fingerprint density at radius 3 is 2.53 bits per heavy atom. The maximum absolute atomic E-state index is 13.0. The minimum atomic E-state index is -0.668. The average molecular weight is 464 g/mol. The number of nitrogens with one attached hydrogen (secondary N) is 3. The molecule has 0 aliphatic rings. The number of halogens is 1. The summed E-state index contributed by atoms with van der Waals surface area (Å²) in [6.45, 7) is 5.15. The average Bonchev–Trinajstić information content (AvgIpc) is 2.84. The van der Waals surface area contributed by atoms with Crippen LogP contribution >= 0.6 is 0 Å². The van der Waals surface area contributed by atoms with Crippen LogP contribution < -0.4 is 15.8 Å². The second-order valence-corrected chi connectivity index (χ2v) is 8.09. The highest BCUT2D eigenvalue weighted by Crippen LogP contribution is 2.28. The largest absolute Gasteiger partial charge is 0.363 e. The van der Waals surface area contributed by atoms with Crippen LogP contribution in [0.4, 0.5) is 16.2 Å². The zero-order valence-corrected chi connectivity index (χ0v) is 19.4. The van der Waals surface area contributed by atoms with Gasteiger partial charge in [0.05, 0.1) is 17.8 Å². The van der Waals surface area contributed by atoms with Gasteiger partial charge in [-0.2, -0.15) is 10.2 Å². The number of anilines is 2. The SMILES string of the molecule is CC(Nc1nc(N(C)C(c2ncccn2)C(C)C)[nH]c(=O)c1C(=N)C#N)c1ccc(CF)nc1. The number of nitriles is 1. The van der Waals surface area contributed by atoms with Gasteiger partial charge in [0.1, 0.15) is 29.8 Å². The number of pyridine rings is 1. The van der Waals surface area contributed by atoms with Crippen LogP contribution in [0.2, 0.25) is 0 Å². The van der Waals surface area contributed by atoms with Crippen LogP contribution in [0.25, 0.3) is 0 Å². The number of rotatable bonds is 9. The number of H-pyrrole nitrogens is 1. The molecular formula is C23H26FN9O. The van der Waals surface area contributed by atoms with Gasteiger partial charge in [-0.1, -0.05) is 19.9 Å². The fraction of sp³-hybridized carbons (Fsp3) is 0.348. The molecule has 3 aromatic heterocycles. The summed E-state index contributed by atoms with van der Waals surface area (Å²) in [5.74, 6) is 0.950. The zero-order valence-electron chi connectivity index (χ0n) is 19.4. The molecule has 0 bridgehead atoms. The fourth-order valence-corrected chi connectivity index (χ4v) is 3.59. The summed E-state index contributed by atoms with van der Waals surface area (Å²) in [4.78, 5) is 34.7. The first kappa shape index (κ1) is 24.4. The maximum Gasteiger partial charge on any atom is 0.264 e. The van der Waals surface area contributed by atoms with Crippen LogP contribution in [-0.4, -0.2) is 37.7 Å². The monoisotopic (exact) mass is 463 g/mol. The lowest BCUT2D eigenvalue weighted by Gasteiger charge is -2.30. The summed E-state index contributed by atoms with van der Waals surface area (Å²) in [6.07, 6.45) is 4.83. The predicted octanol–water partition coefficient (Wildman–Crippen LogP) is 3.32. The molecule has 0 aromatic carbocycles. The van der Waals surface area contributed by atoms with Gasteiger partial charge < -0.3 is 10.2 Å². The van der Waals surface area contributed by atoms with Crippen molar-refractivity contribution in [3.8, 4) is 6.07 Å². The summed E-state index contributed by atoms with van der Waals surface area (Å²) >= 11 is 0. The first-order chi connectivity index (χ1) is 16.3. The van der Waals surface area contributed by atoms with Crippen molar-refractivity contribution in [2.45, 2.75) is 39.5 Å². The highest BCUT2D eigenvalue weighted by atomic mass is 19.1. The molecule has 0 amide bonds. The third kappa shape index (κ3) is 5.23. The molecule has 3 rings (SSSR count). The van der Waals surface area contributed by atoms with Gasteiger partial charge in [0.15, 0.2) is 5.82 Å². The lowest BCUT2D eigenvalue weighted by molar-refractivity contribution is 0.462. The molecule has 0 radical (unpaired) electrons. The van der Waals surface area contributed by atoms with E-state index in [4.69, 9.17) is 5.41 Å². The summed E-state index contributed by atoms with van der Waals surface area (Å²) in [5.41, 5.74) is -0.280. The molecule has 34 heavy (non-hydrogen) atoms. The first-order valence-electron chi connectivity index (χ1n) is 10.7. The fourth-order valence-electron chi connectivity index (χ4n) is 3.59. The highest BCUT2D eigenvalue weighted by molar-refractivity contribution is 6.12. The Labute approximate surface area is 196 Å². The van der Waals surface area contributed by atoms with E-state index in [2.05, 4.69) is 30.2 Å². The Balaban J connectivity index is 2.04. The molecular weight excluding hydrogens is 437 g/mol. The predicted molar refractivity (Wildman–Crippen MR) is 126 cm³/mol. The van der Waals surface area contributed by atoms with Gasteiger partial charge in [-0.3, -0.25) is 20.2 Å². The van der Waals surface area contributed by atoms with Gasteiger partial charge in [0.25, 0.3) is 5.56 Å². The number of alkyl halides is 1. The van der Waals surface area contributed by atoms with Crippen LogP contribution in [-0.2, 0) is 6.67 Å². The van der Waals surface area contributed by atoms with E-state index in [0.717, 1.165) is 5.56 Å². The quantitative estimate of drug-likeness (QED) is 0.409. The molecule has 0 saturated carbocycles. The topological polar surface area (TPSA) is 147 Å². The molecule has 0 saturated heterocycles. The standard InChI is InChI=1S/C23H26FN9O/c1-13(2)19(21-27-8-5-9-28-21)33(4)23-31-20(18(17(26)11-25)22(34)32-23)30-14(3)15-6-7-16(10-24)29-12-15/h5-9,12-14,19,26H,10H2,1-4H3,(H2,30,31,32,34). The summed E-state index contributed by atoms with van der Waals surface area (Å²) in [7, 11) is 1.77. The van der Waals surface area contributed by atoms with Gasteiger partial charge in [-0.25, -0.2) is 14.4 Å². The van der Waals surface area contributed by atoms with E-state index in [-0.39, 0.29) is 29.3 Å². The van der Waals surface area contributed by atoms with Gasteiger partial charge in [0.2, 0.25) is 5.95 Å². The van der Waals surface area contributed by atoms with Gasteiger partial charge in [-0.15, -0.1) is 0 Å². The van der Waals surface area contributed by atoms with Gasteiger partial charge in [0, 0.05) is 25.6 Å². The van der Waals surface area contributed by atoms with E-state index in [1.165, 1.54) is 6.20 Å². The van der Waals surface area contributed by atoms with Crippen molar-refractivity contribution in [3.05, 3.63) is 69.8 Å². The summed E-state index contributed by atoms with van der Waals surface area (Å²) < 4.78 is 12.8. The Kier molecular flexibility index (Phi) is 7.63. The maximum atomic E-state index is 13.0. The lowest BCUT2D eigenvalue weighted by Crippen LogP contribution is -2.34. The Morgan fingerprint density at radius 2 is 1.97 bits per heavy atom. The van der Waals surface area contributed by atoms with Crippen LogP contribution in [0.15, 0.2) is 41.6 Å². The Hall–Kier alpha value is -4.20. The molecule has 176 valence electrons. The number of nitrogens with zero attached hydrogens (tertiary/aromatic N) is 6. The normalized spacial score (nSPS) is 12.6. The van der Waals surface area contributed by atoms with Crippen molar-refractivity contribution in [1.29, 1.82) is 10.7 Å².